The van der Waals surface area contributed by atoms with Crippen molar-refractivity contribution in [2.75, 3.05) is 44.8 Å². The number of hydrogen-bond donors (Lipinski definition) is 1. The summed E-state index contributed by atoms with van der Waals surface area (Å²) < 4.78 is 0. The monoisotopic (exact) mass is 477 g/mol. The Morgan fingerprint density at radius 2 is 1.71 bits per heavy atom. The van der Waals surface area contributed by atoms with Gasteiger partial charge in [0, 0.05) is 51.0 Å². The van der Waals surface area contributed by atoms with Crippen LogP contribution in [0.15, 0.2) is 30.3 Å². The molecule has 3 rings (SSSR count). The number of aryl methyl sites for hydroxylation is 1. The number of hydrazine groups is 1. The van der Waals surface area contributed by atoms with Crippen LogP contribution in [0, 0.1) is 23.7 Å². The van der Waals surface area contributed by atoms with Crippen LogP contribution in [0.4, 0.5) is 5.82 Å². The van der Waals surface area contributed by atoms with Gasteiger partial charge in [-0.3, -0.25) is 9.69 Å². The van der Waals surface area contributed by atoms with Crippen molar-refractivity contribution in [1.82, 2.24) is 25.2 Å². The van der Waals surface area contributed by atoms with Crippen LogP contribution in [-0.2, 0) is 16.8 Å². The first-order valence-corrected chi connectivity index (χ1v) is 12.2. The fourth-order valence-electron chi connectivity index (χ4n) is 3.98. The maximum atomic E-state index is 13.9. The number of nitrogens with one attached hydrogen (secondary N) is 1. The van der Waals surface area contributed by atoms with E-state index in [9.17, 15) is 10.1 Å². The van der Waals surface area contributed by atoms with Crippen LogP contribution < -0.4 is 10.4 Å². The summed E-state index contributed by atoms with van der Waals surface area (Å²) in [6.07, 6.45) is 0. The molecule has 1 fully saturated rings. The minimum atomic E-state index is -0.817. The molecule has 0 bridgehead atoms. The van der Waals surface area contributed by atoms with Gasteiger partial charge in [0.05, 0.1) is 5.41 Å². The molecular weight excluding hydrogens is 438 g/mol. The third kappa shape index (κ3) is 7.07. The summed E-state index contributed by atoms with van der Waals surface area (Å²) in [5.74, 6) is 0.278. The number of likely N-dealkylation sites (N-methyl/N-ethyl adjacent to an activating group) is 1. The molecule has 1 N–H and O–H groups in total. The van der Waals surface area contributed by atoms with Gasteiger partial charge in [-0.1, -0.05) is 45.0 Å². The molecule has 1 aromatic heterocycles. The molecule has 8 heteroatoms. The van der Waals surface area contributed by atoms with Gasteiger partial charge in [-0.05, 0) is 44.4 Å². The molecule has 35 heavy (non-hydrogen) atoms. The molecule has 1 amide bonds. The van der Waals surface area contributed by atoms with Crippen LogP contribution in [-0.4, -0.2) is 65.4 Å². The lowest BCUT2D eigenvalue weighted by molar-refractivity contribution is -0.123. The highest BCUT2D eigenvalue weighted by Gasteiger charge is 2.36. The molecule has 2 heterocycles. The second-order valence-corrected chi connectivity index (χ2v) is 11.2. The summed E-state index contributed by atoms with van der Waals surface area (Å²) in [6, 6.07) is 12.1. The molecule has 188 valence electrons. The summed E-state index contributed by atoms with van der Waals surface area (Å²) in [6.45, 7) is 17.7. The largest absolute Gasteiger partial charge is 0.304 e. The van der Waals surface area contributed by atoms with E-state index in [1.165, 1.54) is 10.6 Å². The van der Waals surface area contributed by atoms with Gasteiger partial charge in [0.25, 0.3) is 5.91 Å². The van der Waals surface area contributed by atoms with Gasteiger partial charge in [-0.15, -0.1) is 0 Å². The molecule has 0 spiro atoms. The van der Waals surface area contributed by atoms with Crippen LogP contribution >= 0.6 is 0 Å². The first kappa shape index (κ1) is 26.7. The van der Waals surface area contributed by atoms with Crippen molar-refractivity contribution >= 4 is 11.7 Å². The van der Waals surface area contributed by atoms with Crippen molar-refractivity contribution in [2.24, 2.45) is 5.41 Å². The quantitative estimate of drug-likeness (QED) is 0.612. The molecule has 0 saturated carbocycles. The molecule has 1 aliphatic heterocycles. The Bertz CT molecular complexity index is 1060. The van der Waals surface area contributed by atoms with Crippen molar-refractivity contribution < 1.29 is 4.79 Å². The number of piperazine rings is 1. The zero-order valence-electron chi connectivity index (χ0n) is 22.2. The number of hydrogen-bond acceptors (Lipinski definition) is 7. The molecule has 0 aliphatic carbocycles. The van der Waals surface area contributed by atoms with E-state index >= 15 is 0 Å². The smallest absolute Gasteiger partial charge is 0.252 e. The molecule has 1 saturated heterocycles. The highest BCUT2D eigenvalue weighted by atomic mass is 16.2. The molecule has 8 nitrogen and oxygen atoms in total. The molecule has 1 aliphatic rings. The van der Waals surface area contributed by atoms with Gasteiger partial charge < -0.3 is 4.90 Å². The van der Waals surface area contributed by atoms with Crippen molar-refractivity contribution in [3.63, 3.8) is 0 Å². The summed E-state index contributed by atoms with van der Waals surface area (Å²) in [5, 5.41) is 10.8. The zero-order valence-corrected chi connectivity index (χ0v) is 22.2. The Morgan fingerprint density at radius 1 is 1.09 bits per heavy atom. The van der Waals surface area contributed by atoms with E-state index in [1.807, 2.05) is 19.9 Å². The molecule has 0 radical (unpaired) electrons. The summed E-state index contributed by atoms with van der Waals surface area (Å²) in [7, 11) is 2.16. The Labute approximate surface area is 209 Å². The lowest BCUT2D eigenvalue weighted by atomic mass is 9.83. The Morgan fingerprint density at radius 3 is 2.29 bits per heavy atom. The third-order valence-corrected chi connectivity index (χ3v) is 6.35. The van der Waals surface area contributed by atoms with E-state index in [-0.39, 0.29) is 17.1 Å². The van der Waals surface area contributed by atoms with Gasteiger partial charge in [-0.25, -0.2) is 15.4 Å². The van der Waals surface area contributed by atoms with E-state index in [2.05, 4.69) is 77.3 Å². The maximum absolute atomic E-state index is 13.9. The Hall–Kier alpha value is -2.86. The lowest BCUT2D eigenvalue weighted by Gasteiger charge is -2.34. The van der Waals surface area contributed by atoms with Gasteiger partial charge in [-0.2, -0.15) is 10.2 Å². The van der Waals surface area contributed by atoms with Crippen molar-refractivity contribution in [3.8, 4) is 6.07 Å². The number of rotatable bonds is 7. The van der Waals surface area contributed by atoms with Crippen molar-refractivity contribution in [3.05, 3.63) is 53.0 Å². The predicted molar refractivity (Wildman–Crippen MR) is 139 cm³/mol. The Kier molecular flexibility index (Phi) is 8.26. The number of amides is 1. The topological polar surface area (TPSA) is 88.4 Å². The average molecular weight is 478 g/mol. The average Bonchev–Trinajstić information content (AvgIpc) is 2.80. The number of nitrogens with zero attached hydrogens (tertiary/aromatic N) is 6. The van der Waals surface area contributed by atoms with Gasteiger partial charge in [0.2, 0.25) is 5.82 Å². The highest BCUT2D eigenvalue weighted by molar-refractivity contribution is 5.99. The van der Waals surface area contributed by atoms with E-state index in [0.717, 1.165) is 38.3 Å². The minimum absolute atomic E-state index is 0.0430. The number of carbonyl (C=O) groups is 1. The van der Waals surface area contributed by atoms with Crippen LogP contribution in [0.1, 0.15) is 57.3 Å². The van der Waals surface area contributed by atoms with Crippen LogP contribution in [0.25, 0.3) is 0 Å². The number of benzene rings is 1. The van der Waals surface area contributed by atoms with Gasteiger partial charge in [0.1, 0.15) is 6.07 Å². The number of nitriles is 1. The maximum Gasteiger partial charge on any atom is 0.252 e. The van der Waals surface area contributed by atoms with Crippen molar-refractivity contribution in [1.29, 1.82) is 5.26 Å². The van der Waals surface area contributed by atoms with E-state index in [4.69, 9.17) is 0 Å². The fraction of sp³-hybridized carbons (Fsp3) is 0.556. The number of carbonyl (C=O) groups excluding carboxylic acids is 1. The van der Waals surface area contributed by atoms with Gasteiger partial charge in [0.15, 0.2) is 5.82 Å². The van der Waals surface area contributed by atoms with Crippen LogP contribution in [0.3, 0.4) is 0 Å². The van der Waals surface area contributed by atoms with E-state index in [1.54, 1.807) is 13.0 Å². The van der Waals surface area contributed by atoms with Gasteiger partial charge >= 0.3 is 0 Å². The van der Waals surface area contributed by atoms with Crippen molar-refractivity contribution in [2.45, 2.75) is 53.5 Å². The van der Waals surface area contributed by atoms with Crippen LogP contribution in [0.5, 0.6) is 0 Å². The number of anilines is 1. The highest BCUT2D eigenvalue weighted by Crippen LogP contribution is 2.28. The van der Waals surface area contributed by atoms with E-state index < -0.39 is 5.41 Å². The molecular formula is C27H39N7O. The molecule has 0 unspecified atom stereocenters. The second-order valence-electron chi connectivity index (χ2n) is 11.2. The summed E-state index contributed by atoms with van der Waals surface area (Å²) in [5.41, 5.74) is 5.20. The number of aromatic nitrogens is 2. The summed E-state index contributed by atoms with van der Waals surface area (Å²) >= 11 is 0. The zero-order chi connectivity index (χ0) is 25.8. The van der Waals surface area contributed by atoms with E-state index in [0.29, 0.717) is 18.1 Å². The SMILES string of the molecule is Cc1cc(N(NCC(C)(C)C)C(=O)C(C)(C)c2ccc(CN3CCN(C)CC3)cc2)nc(C#N)n1. The molecule has 2 aromatic rings. The summed E-state index contributed by atoms with van der Waals surface area (Å²) in [4.78, 5) is 27.2. The van der Waals surface area contributed by atoms with Crippen LogP contribution in [0.2, 0.25) is 0 Å². The minimum Gasteiger partial charge on any atom is -0.304 e. The first-order chi connectivity index (χ1) is 16.4. The normalized spacial score (nSPS) is 15.6. The third-order valence-electron chi connectivity index (χ3n) is 6.35. The second kappa shape index (κ2) is 10.8. The Balaban J connectivity index is 1.84. The predicted octanol–water partition coefficient (Wildman–Crippen LogP) is 3.27. The molecule has 0 atom stereocenters. The lowest BCUT2D eigenvalue weighted by Crippen LogP contribution is -2.53. The standard InChI is InChI=1S/C27H39N7O/c1-20-16-24(31-23(17-28)30-20)34(29-19-26(2,3)4)25(35)27(5,6)22-10-8-21(9-11-22)18-33-14-12-32(7)13-15-33/h8-11,16,29H,12-15,18-19H2,1-7H3. The first-order valence-electron chi connectivity index (χ1n) is 12.2. The molecule has 1 aromatic carbocycles. The fourth-order valence-corrected chi connectivity index (χ4v) is 3.98.